The minimum absolute atomic E-state index is 0.0252. The SMILES string of the molecule is Cc1nn(-c2ccc(NC(=O)Cc3ccccc3)cc2)c(C)c1Br. The van der Waals surface area contributed by atoms with E-state index < -0.39 is 0 Å². The normalized spacial score (nSPS) is 10.6. The Morgan fingerprint density at radius 3 is 2.33 bits per heavy atom. The van der Waals surface area contributed by atoms with Crippen molar-refractivity contribution < 1.29 is 4.79 Å². The summed E-state index contributed by atoms with van der Waals surface area (Å²) >= 11 is 3.54. The second-order valence-corrected chi connectivity index (χ2v) is 6.45. The van der Waals surface area contributed by atoms with Crippen LogP contribution < -0.4 is 5.32 Å². The third kappa shape index (κ3) is 3.57. The highest BCUT2D eigenvalue weighted by Crippen LogP contribution is 2.23. The zero-order valence-electron chi connectivity index (χ0n) is 13.6. The van der Waals surface area contributed by atoms with Crippen LogP contribution in [0.5, 0.6) is 0 Å². The van der Waals surface area contributed by atoms with Crippen LogP contribution in [-0.4, -0.2) is 15.7 Å². The van der Waals surface area contributed by atoms with Gasteiger partial charge in [0.05, 0.1) is 28.0 Å². The number of anilines is 1. The van der Waals surface area contributed by atoms with E-state index in [1.807, 2.05) is 73.1 Å². The number of aryl methyl sites for hydroxylation is 1. The molecule has 0 fully saturated rings. The van der Waals surface area contributed by atoms with E-state index in [1.165, 1.54) is 0 Å². The lowest BCUT2D eigenvalue weighted by molar-refractivity contribution is -0.115. The van der Waals surface area contributed by atoms with Crippen LogP contribution in [0, 0.1) is 13.8 Å². The van der Waals surface area contributed by atoms with Crippen LogP contribution in [0.2, 0.25) is 0 Å². The molecule has 1 aromatic heterocycles. The maximum atomic E-state index is 12.1. The minimum Gasteiger partial charge on any atom is -0.326 e. The van der Waals surface area contributed by atoms with E-state index in [0.29, 0.717) is 6.42 Å². The molecule has 1 amide bonds. The van der Waals surface area contributed by atoms with E-state index in [-0.39, 0.29) is 5.91 Å². The van der Waals surface area contributed by atoms with Gasteiger partial charge < -0.3 is 5.32 Å². The molecule has 0 bridgehead atoms. The molecule has 0 aliphatic carbocycles. The Balaban J connectivity index is 1.70. The first kappa shape index (κ1) is 16.5. The summed E-state index contributed by atoms with van der Waals surface area (Å²) in [6.07, 6.45) is 0.368. The Hall–Kier alpha value is -2.40. The van der Waals surface area contributed by atoms with Crippen molar-refractivity contribution in [3.05, 3.63) is 76.0 Å². The van der Waals surface area contributed by atoms with E-state index in [2.05, 4.69) is 26.3 Å². The number of nitrogens with zero attached hydrogens (tertiary/aromatic N) is 2. The Labute approximate surface area is 149 Å². The van der Waals surface area contributed by atoms with Crippen LogP contribution >= 0.6 is 15.9 Å². The third-order valence-electron chi connectivity index (χ3n) is 3.81. The molecule has 3 aromatic rings. The number of halogens is 1. The summed E-state index contributed by atoms with van der Waals surface area (Å²) in [5, 5.41) is 7.43. The maximum Gasteiger partial charge on any atom is 0.228 e. The van der Waals surface area contributed by atoms with Crippen molar-refractivity contribution in [2.75, 3.05) is 5.32 Å². The van der Waals surface area contributed by atoms with Crippen LogP contribution in [0.3, 0.4) is 0 Å². The van der Waals surface area contributed by atoms with Crippen molar-refractivity contribution in [1.82, 2.24) is 9.78 Å². The van der Waals surface area contributed by atoms with Crippen molar-refractivity contribution in [2.24, 2.45) is 0 Å². The molecule has 0 saturated heterocycles. The molecule has 0 radical (unpaired) electrons. The van der Waals surface area contributed by atoms with Crippen molar-refractivity contribution in [1.29, 1.82) is 0 Å². The quantitative estimate of drug-likeness (QED) is 0.723. The van der Waals surface area contributed by atoms with Gasteiger partial charge in [-0.3, -0.25) is 4.79 Å². The van der Waals surface area contributed by atoms with Gasteiger partial charge in [0.25, 0.3) is 0 Å². The average molecular weight is 384 g/mol. The Kier molecular flexibility index (Phi) is 4.81. The summed E-state index contributed by atoms with van der Waals surface area (Å²) < 4.78 is 2.90. The molecule has 1 heterocycles. The number of rotatable bonds is 4. The molecule has 4 nitrogen and oxygen atoms in total. The molecule has 0 aliphatic heterocycles. The lowest BCUT2D eigenvalue weighted by atomic mass is 10.1. The molecule has 0 spiro atoms. The van der Waals surface area contributed by atoms with Gasteiger partial charge >= 0.3 is 0 Å². The molecule has 24 heavy (non-hydrogen) atoms. The number of aromatic nitrogens is 2. The van der Waals surface area contributed by atoms with Gasteiger partial charge in [0.15, 0.2) is 0 Å². The molecule has 0 aliphatic rings. The monoisotopic (exact) mass is 383 g/mol. The van der Waals surface area contributed by atoms with Gasteiger partial charge in [-0.2, -0.15) is 5.10 Å². The lowest BCUT2D eigenvalue weighted by Crippen LogP contribution is -2.14. The number of nitrogens with one attached hydrogen (secondary N) is 1. The predicted molar refractivity (Wildman–Crippen MR) is 99.5 cm³/mol. The van der Waals surface area contributed by atoms with Crippen LogP contribution in [0.1, 0.15) is 17.0 Å². The van der Waals surface area contributed by atoms with E-state index in [9.17, 15) is 4.79 Å². The van der Waals surface area contributed by atoms with Crippen molar-refractivity contribution in [2.45, 2.75) is 20.3 Å². The van der Waals surface area contributed by atoms with E-state index in [1.54, 1.807) is 0 Å². The standard InChI is InChI=1S/C19H18BrN3O/c1-13-19(20)14(2)23(22-13)17-10-8-16(9-11-17)21-18(24)12-15-6-4-3-5-7-15/h3-11H,12H2,1-2H3,(H,21,24). The van der Waals surface area contributed by atoms with Gasteiger partial charge in [0, 0.05) is 5.69 Å². The fourth-order valence-corrected chi connectivity index (χ4v) is 2.79. The van der Waals surface area contributed by atoms with Gasteiger partial charge in [-0.15, -0.1) is 0 Å². The minimum atomic E-state index is -0.0252. The topological polar surface area (TPSA) is 46.9 Å². The summed E-state index contributed by atoms with van der Waals surface area (Å²) in [6.45, 7) is 3.98. The Bertz CT molecular complexity index is 854. The number of hydrogen-bond donors (Lipinski definition) is 1. The molecule has 0 unspecified atom stereocenters. The second kappa shape index (κ2) is 7.01. The van der Waals surface area contributed by atoms with Gasteiger partial charge in [-0.05, 0) is 59.6 Å². The summed E-state index contributed by atoms with van der Waals surface area (Å²) in [5.74, 6) is -0.0252. The number of benzene rings is 2. The first-order valence-electron chi connectivity index (χ1n) is 7.70. The molecule has 5 heteroatoms. The van der Waals surface area contributed by atoms with E-state index >= 15 is 0 Å². The molecule has 0 saturated carbocycles. The zero-order valence-corrected chi connectivity index (χ0v) is 15.2. The molecule has 3 rings (SSSR count). The summed E-state index contributed by atoms with van der Waals surface area (Å²) in [4.78, 5) is 12.1. The zero-order chi connectivity index (χ0) is 17.1. The first-order chi connectivity index (χ1) is 11.5. The van der Waals surface area contributed by atoms with Crippen LogP contribution in [0.15, 0.2) is 59.1 Å². The van der Waals surface area contributed by atoms with Crippen molar-refractivity contribution in [3.63, 3.8) is 0 Å². The molecular formula is C19H18BrN3O. The maximum absolute atomic E-state index is 12.1. The second-order valence-electron chi connectivity index (χ2n) is 5.65. The number of hydrogen-bond acceptors (Lipinski definition) is 2. The summed E-state index contributed by atoms with van der Waals surface area (Å²) in [7, 11) is 0. The average Bonchev–Trinajstić information content (AvgIpc) is 2.84. The molecule has 0 atom stereocenters. The first-order valence-corrected chi connectivity index (χ1v) is 8.50. The molecular weight excluding hydrogens is 366 g/mol. The number of carbonyl (C=O) groups excluding carboxylic acids is 1. The van der Waals surface area contributed by atoms with Gasteiger partial charge in [0.2, 0.25) is 5.91 Å². The van der Waals surface area contributed by atoms with E-state index in [4.69, 9.17) is 0 Å². The highest BCUT2D eigenvalue weighted by atomic mass is 79.9. The molecule has 122 valence electrons. The van der Waals surface area contributed by atoms with Crippen LogP contribution in [0.4, 0.5) is 5.69 Å². The summed E-state index contributed by atoms with van der Waals surface area (Å²) in [6, 6.07) is 17.4. The summed E-state index contributed by atoms with van der Waals surface area (Å²) in [5.41, 5.74) is 4.74. The smallest absolute Gasteiger partial charge is 0.228 e. The highest BCUT2D eigenvalue weighted by molar-refractivity contribution is 9.10. The van der Waals surface area contributed by atoms with Crippen LogP contribution in [0.25, 0.3) is 5.69 Å². The fraction of sp³-hybridized carbons (Fsp3) is 0.158. The van der Waals surface area contributed by atoms with Gasteiger partial charge in [0.1, 0.15) is 0 Å². The largest absolute Gasteiger partial charge is 0.326 e. The molecule has 2 aromatic carbocycles. The van der Waals surface area contributed by atoms with Crippen molar-refractivity contribution in [3.8, 4) is 5.69 Å². The fourth-order valence-electron chi connectivity index (χ4n) is 2.55. The lowest BCUT2D eigenvalue weighted by Gasteiger charge is -2.08. The number of amides is 1. The van der Waals surface area contributed by atoms with Crippen LogP contribution in [-0.2, 0) is 11.2 Å². The predicted octanol–water partition coefficient (Wildman–Crippen LogP) is 4.43. The Morgan fingerprint density at radius 1 is 1.08 bits per heavy atom. The van der Waals surface area contributed by atoms with Crippen molar-refractivity contribution >= 4 is 27.5 Å². The van der Waals surface area contributed by atoms with Gasteiger partial charge in [-0.25, -0.2) is 4.68 Å². The Morgan fingerprint density at radius 2 is 1.75 bits per heavy atom. The van der Waals surface area contributed by atoms with Gasteiger partial charge in [-0.1, -0.05) is 30.3 Å². The molecule has 1 N–H and O–H groups in total. The third-order valence-corrected chi connectivity index (χ3v) is 4.95. The van der Waals surface area contributed by atoms with E-state index in [0.717, 1.165) is 32.8 Å². The highest BCUT2D eigenvalue weighted by Gasteiger charge is 2.10. The number of carbonyl (C=O) groups is 1.